The standard InChI is InChI=1S/C20H24N6O2/c27-19-3-1-2-18-17-8-15(11-26(18)19)9-24(12-17)20(28)16-6-4-14(5-7-16)10-25-13-21-22-23-25/h4-7,13,15,17-18H,1-3,8-12H2/t15-,17+,18?/m1/s1. The zero-order chi connectivity index (χ0) is 19.1. The van der Waals surface area contributed by atoms with Gasteiger partial charge in [-0.15, -0.1) is 5.10 Å². The summed E-state index contributed by atoms with van der Waals surface area (Å²) in [6.45, 7) is 2.91. The molecule has 8 nitrogen and oxygen atoms in total. The summed E-state index contributed by atoms with van der Waals surface area (Å²) in [5, 5.41) is 11.1. The number of benzene rings is 1. The molecule has 2 bridgehead atoms. The summed E-state index contributed by atoms with van der Waals surface area (Å²) in [6.07, 6.45) is 5.47. The molecule has 0 aliphatic carbocycles. The number of tetrazole rings is 1. The number of hydrogen-bond acceptors (Lipinski definition) is 5. The minimum absolute atomic E-state index is 0.0965. The summed E-state index contributed by atoms with van der Waals surface area (Å²) in [4.78, 5) is 29.5. The van der Waals surface area contributed by atoms with E-state index in [-0.39, 0.29) is 5.91 Å². The molecular weight excluding hydrogens is 356 g/mol. The van der Waals surface area contributed by atoms with Crippen LogP contribution in [0.4, 0.5) is 0 Å². The van der Waals surface area contributed by atoms with Crippen LogP contribution in [0, 0.1) is 11.8 Å². The lowest BCUT2D eigenvalue weighted by atomic mass is 9.76. The zero-order valence-corrected chi connectivity index (χ0v) is 15.8. The molecule has 1 aromatic heterocycles. The average Bonchev–Trinajstić information content (AvgIpc) is 3.22. The number of hydrogen-bond donors (Lipinski definition) is 0. The van der Waals surface area contributed by atoms with Crippen LogP contribution in [0.25, 0.3) is 0 Å². The maximum absolute atomic E-state index is 13.1. The molecule has 8 heteroatoms. The van der Waals surface area contributed by atoms with E-state index >= 15 is 0 Å². The lowest BCUT2D eigenvalue weighted by Crippen LogP contribution is -2.61. The van der Waals surface area contributed by atoms with E-state index in [1.54, 1.807) is 11.0 Å². The minimum Gasteiger partial charge on any atom is -0.339 e. The van der Waals surface area contributed by atoms with Crippen LogP contribution in [0.5, 0.6) is 0 Å². The lowest BCUT2D eigenvalue weighted by Gasteiger charge is -2.52. The van der Waals surface area contributed by atoms with Gasteiger partial charge in [-0.25, -0.2) is 4.68 Å². The second-order valence-corrected chi connectivity index (χ2v) is 8.28. The van der Waals surface area contributed by atoms with Gasteiger partial charge in [0.2, 0.25) is 5.91 Å². The van der Waals surface area contributed by atoms with Crippen molar-refractivity contribution < 1.29 is 9.59 Å². The van der Waals surface area contributed by atoms with E-state index in [2.05, 4.69) is 20.4 Å². The van der Waals surface area contributed by atoms with Crippen molar-refractivity contribution in [3.63, 3.8) is 0 Å². The number of fused-ring (bicyclic) bond motifs is 4. The van der Waals surface area contributed by atoms with E-state index in [1.807, 2.05) is 29.2 Å². The van der Waals surface area contributed by atoms with E-state index in [4.69, 9.17) is 0 Å². The van der Waals surface area contributed by atoms with Gasteiger partial charge in [0, 0.05) is 37.7 Å². The highest BCUT2D eigenvalue weighted by Crippen LogP contribution is 2.38. The Morgan fingerprint density at radius 2 is 2.00 bits per heavy atom. The van der Waals surface area contributed by atoms with Crippen LogP contribution in [-0.2, 0) is 11.3 Å². The molecule has 3 aliphatic heterocycles. The Morgan fingerprint density at radius 1 is 1.14 bits per heavy atom. The van der Waals surface area contributed by atoms with Crippen LogP contribution in [0.1, 0.15) is 41.6 Å². The van der Waals surface area contributed by atoms with Crippen molar-refractivity contribution >= 4 is 11.8 Å². The Labute approximate surface area is 163 Å². The predicted molar refractivity (Wildman–Crippen MR) is 100 cm³/mol. The molecule has 0 N–H and O–H groups in total. The highest BCUT2D eigenvalue weighted by atomic mass is 16.2. The number of likely N-dealkylation sites (tertiary alicyclic amines) is 1. The second-order valence-electron chi connectivity index (χ2n) is 8.28. The molecule has 3 fully saturated rings. The molecule has 3 saturated heterocycles. The minimum atomic E-state index is 0.0965. The molecule has 3 atom stereocenters. The number of nitrogens with zero attached hydrogens (tertiary/aromatic N) is 6. The average molecular weight is 380 g/mol. The maximum Gasteiger partial charge on any atom is 0.253 e. The smallest absolute Gasteiger partial charge is 0.253 e. The summed E-state index contributed by atoms with van der Waals surface area (Å²) < 4.78 is 1.65. The van der Waals surface area contributed by atoms with Crippen molar-refractivity contribution in [1.29, 1.82) is 0 Å². The fraction of sp³-hybridized carbons (Fsp3) is 0.550. The van der Waals surface area contributed by atoms with E-state index in [1.165, 1.54) is 0 Å². The quantitative estimate of drug-likeness (QED) is 0.799. The molecule has 0 radical (unpaired) electrons. The first kappa shape index (κ1) is 17.3. The molecule has 4 heterocycles. The number of aromatic nitrogens is 4. The van der Waals surface area contributed by atoms with Crippen LogP contribution < -0.4 is 0 Å². The van der Waals surface area contributed by atoms with Gasteiger partial charge in [0.05, 0.1) is 6.54 Å². The van der Waals surface area contributed by atoms with E-state index < -0.39 is 0 Å². The zero-order valence-electron chi connectivity index (χ0n) is 15.8. The molecule has 28 heavy (non-hydrogen) atoms. The number of carbonyl (C=O) groups excluding carboxylic acids is 2. The topological polar surface area (TPSA) is 84.2 Å². The molecule has 1 aromatic carbocycles. The lowest BCUT2D eigenvalue weighted by molar-refractivity contribution is -0.144. The molecule has 146 valence electrons. The van der Waals surface area contributed by atoms with Crippen molar-refractivity contribution in [3.8, 4) is 0 Å². The summed E-state index contributed by atoms with van der Waals surface area (Å²) in [7, 11) is 0. The SMILES string of the molecule is O=C(c1ccc(Cn2cnnn2)cc1)N1C[C@H]2C[C@@H](C1)C1CCCC(=O)N1C2. The highest BCUT2D eigenvalue weighted by Gasteiger charge is 2.44. The Bertz CT molecular complexity index is 865. The van der Waals surface area contributed by atoms with Crippen molar-refractivity contribution in [2.75, 3.05) is 19.6 Å². The van der Waals surface area contributed by atoms with Crippen molar-refractivity contribution in [1.82, 2.24) is 30.0 Å². The largest absolute Gasteiger partial charge is 0.339 e. The van der Waals surface area contributed by atoms with Gasteiger partial charge in [0.25, 0.3) is 5.91 Å². The Balaban J connectivity index is 1.28. The molecule has 2 aromatic rings. The van der Waals surface area contributed by atoms with Gasteiger partial charge >= 0.3 is 0 Å². The molecule has 3 aliphatic rings. The maximum atomic E-state index is 13.1. The summed E-state index contributed by atoms with van der Waals surface area (Å²) >= 11 is 0. The number of amides is 2. The first-order valence-corrected chi connectivity index (χ1v) is 10.1. The van der Waals surface area contributed by atoms with Gasteiger partial charge in [-0.2, -0.15) is 0 Å². The fourth-order valence-electron chi connectivity index (χ4n) is 5.15. The van der Waals surface area contributed by atoms with Gasteiger partial charge < -0.3 is 9.80 Å². The third-order valence-corrected chi connectivity index (χ3v) is 6.40. The predicted octanol–water partition coefficient (Wildman–Crippen LogP) is 1.19. The van der Waals surface area contributed by atoms with E-state index in [0.29, 0.717) is 36.8 Å². The van der Waals surface area contributed by atoms with E-state index in [0.717, 1.165) is 50.0 Å². The summed E-state index contributed by atoms with van der Waals surface area (Å²) in [5.74, 6) is 1.23. The Morgan fingerprint density at radius 3 is 2.79 bits per heavy atom. The molecule has 0 saturated carbocycles. The summed E-state index contributed by atoms with van der Waals surface area (Å²) in [6, 6.07) is 8.03. The monoisotopic (exact) mass is 380 g/mol. The van der Waals surface area contributed by atoms with Gasteiger partial charge in [0.1, 0.15) is 6.33 Å². The van der Waals surface area contributed by atoms with Crippen LogP contribution in [0.15, 0.2) is 30.6 Å². The second kappa shape index (κ2) is 7.00. The van der Waals surface area contributed by atoms with E-state index in [9.17, 15) is 9.59 Å². The highest BCUT2D eigenvalue weighted by molar-refractivity contribution is 5.94. The molecule has 5 rings (SSSR count). The van der Waals surface area contributed by atoms with Crippen molar-refractivity contribution in [2.24, 2.45) is 11.8 Å². The Kier molecular flexibility index (Phi) is 4.33. The third-order valence-electron chi connectivity index (χ3n) is 6.40. The van der Waals surface area contributed by atoms with Crippen molar-refractivity contribution in [3.05, 3.63) is 41.7 Å². The van der Waals surface area contributed by atoms with Gasteiger partial charge in [-0.05, 0) is 59.2 Å². The molecular formula is C20H24N6O2. The number of rotatable bonds is 3. The molecule has 2 amide bonds. The van der Waals surface area contributed by atoms with Gasteiger partial charge in [-0.1, -0.05) is 12.1 Å². The summed E-state index contributed by atoms with van der Waals surface area (Å²) in [5.41, 5.74) is 1.77. The van der Waals surface area contributed by atoms with Crippen LogP contribution in [0.2, 0.25) is 0 Å². The molecule has 0 spiro atoms. The van der Waals surface area contributed by atoms with Crippen LogP contribution >= 0.6 is 0 Å². The first-order valence-electron chi connectivity index (χ1n) is 10.1. The third kappa shape index (κ3) is 3.16. The van der Waals surface area contributed by atoms with Crippen molar-refractivity contribution in [2.45, 2.75) is 38.3 Å². The number of piperidine rings is 3. The van der Waals surface area contributed by atoms with Gasteiger partial charge in [0.15, 0.2) is 0 Å². The normalized spacial score (nSPS) is 26.9. The Hall–Kier alpha value is -2.77. The van der Waals surface area contributed by atoms with Gasteiger partial charge in [-0.3, -0.25) is 9.59 Å². The first-order chi connectivity index (χ1) is 13.7. The number of carbonyl (C=O) groups is 2. The fourth-order valence-corrected chi connectivity index (χ4v) is 5.15. The molecule has 1 unspecified atom stereocenters. The van der Waals surface area contributed by atoms with Crippen LogP contribution in [0.3, 0.4) is 0 Å². The van der Waals surface area contributed by atoms with Crippen LogP contribution in [-0.4, -0.2) is 67.5 Å².